The fourth-order valence-corrected chi connectivity index (χ4v) is 4.88. The van der Waals surface area contributed by atoms with Gasteiger partial charge in [-0.05, 0) is 41.5 Å². The van der Waals surface area contributed by atoms with E-state index in [1.807, 2.05) is 72.8 Å². The molecule has 1 aliphatic rings. The molecule has 3 aromatic rings. The van der Waals surface area contributed by atoms with Gasteiger partial charge in [0.05, 0.1) is 36.8 Å². The molecule has 0 saturated carbocycles. The molecule has 3 aromatic carbocycles. The number of hydrogen-bond acceptors (Lipinski definition) is 6. The number of para-hydroxylation sites is 1. The van der Waals surface area contributed by atoms with Crippen LogP contribution in [0.1, 0.15) is 17.5 Å². The van der Waals surface area contributed by atoms with Crippen LogP contribution in [0.15, 0.2) is 77.7 Å². The summed E-state index contributed by atoms with van der Waals surface area (Å²) in [7, 11) is 1.59. The van der Waals surface area contributed by atoms with Gasteiger partial charge in [-0.2, -0.15) is 0 Å². The fraction of sp³-hybridized carbons (Fsp3) is 0.185. The Kier molecular flexibility index (Phi) is 8.69. The van der Waals surface area contributed by atoms with E-state index in [2.05, 4.69) is 0 Å². The number of benzene rings is 3. The summed E-state index contributed by atoms with van der Waals surface area (Å²) < 4.78 is 17.6. The average molecular weight is 526 g/mol. The van der Waals surface area contributed by atoms with E-state index in [4.69, 9.17) is 38.0 Å². The zero-order valence-electron chi connectivity index (χ0n) is 19.1. The second-order valence-electron chi connectivity index (χ2n) is 7.64. The summed E-state index contributed by atoms with van der Waals surface area (Å²) in [6, 6.07) is 22.8. The summed E-state index contributed by atoms with van der Waals surface area (Å²) in [4.78, 5) is 15.2. The molecule has 1 aliphatic heterocycles. The minimum atomic E-state index is -0.0957. The Morgan fingerprint density at radius 2 is 1.66 bits per heavy atom. The highest BCUT2D eigenvalue weighted by Gasteiger charge is 2.32. The van der Waals surface area contributed by atoms with Gasteiger partial charge in [0.25, 0.3) is 5.91 Å². The lowest BCUT2D eigenvalue weighted by Crippen LogP contribution is -2.27. The molecular weight excluding hydrogens is 502 g/mol. The number of rotatable bonds is 10. The van der Waals surface area contributed by atoms with Crippen molar-refractivity contribution >= 4 is 51.9 Å². The lowest BCUT2D eigenvalue weighted by atomic mass is 10.1. The summed E-state index contributed by atoms with van der Waals surface area (Å²) in [5.41, 5.74) is 1.86. The van der Waals surface area contributed by atoms with E-state index in [9.17, 15) is 4.79 Å². The van der Waals surface area contributed by atoms with Crippen LogP contribution in [0.4, 0.5) is 0 Å². The van der Waals surface area contributed by atoms with Crippen LogP contribution >= 0.6 is 35.6 Å². The van der Waals surface area contributed by atoms with Crippen molar-refractivity contribution in [1.29, 1.82) is 0 Å². The zero-order valence-corrected chi connectivity index (χ0v) is 21.5. The highest BCUT2D eigenvalue weighted by Crippen LogP contribution is 2.35. The predicted molar refractivity (Wildman–Crippen MR) is 145 cm³/mol. The van der Waals surface area contributed by atoms with Crippen molar-refractivity contribution in [3.8, 4) is 17.2 Å². The maximum Gasteiger partial charge on any atom is 0.266 e. The maximum atomic E-state index is 12.9. The molecule has 0 bridgehead atoms. The third-order valence-electron chi connectivity index (χ3n) is 5.18. The molecule has 8 heteroatoms. The molecular formula is C27H24ClNO4S2. The second-order valence-corrected chi connectivity index (χ2v) is 9.73. The monoisotopic (exact) mass is 525 g/mol. The van der Waals surface area contributed by atoms with Crippen LogP contribution in [-0.4, -0.2) is 35.5 Å². The normalized spacial score (nSPS) is 14.5. The molecule has 4 rings (SSSR count). The smallest absolute Gasteiger partial charge is 0.266 e. The summed E-state index contributed by atoms with van der Waals surface area (Å²) in [5, 5.41) is 0.586. The molecule has 0 atom stereocenters. The molecule has 1 fully saturated rings. The third kappa shape index (κ3) is 6.57. The lowest BCUT2D eigenvalue weighted by molar-refractivity contribution is -0.122. The van der Waals surface area contributed by atoms with Gasteiger partial charge in [0.1, 0.15) is 10.1 Å². The maximum absolute atomic E-state index is 12.9. The van der Waals surface area contributed by atoms with Gasteiger partial charge in [0, 0.05) is 6.42 Å². The van der Waals surface area contributed by atoms with E-state index < -0.39 is 0 Å². The largest absolute Gasteiger partial charge is 0.493 e. The van der Waals surface area contributed by atoms with Crippen LogP contribution in [0.2, 0.25) is 5.02 Å². The van der Waals surface area contributed by atoms with Gasteiger partial charge in [-0.1, -0.05) is 84.1 Å². The van der Waals surface area contributed by atoms with E-state index >= 15 is 0 Å². The summed E-state index contributed by atoms with van der Waals surface area (Å²) in [6.45, 7) is 1.40. The number of methoxy groups -OCH3 is 1. The van der Waals surface area contributed by atoms with Crippen molar-refractivity contribution < 1.29 is 19.0 Å². The van der Waals surface area contributed by atoms with E-state index in [1.54, 1.807) is 18.1 Å². The van der Waals surface area contributed by atoms with Crippen molar-refractivity contribution in [2.24, 2.45) is 0 Å². The van der Waals surface area contributed by atoms with Crippen LogP contribution in [0, 0.1) is 0 Å². The molecule has 0 N–H and O–H groups in total. The highest BCUT2D eigenvalue weighted by molar-refractivity contribution is 8.26. The standard InChI is InChI=1S/C27H24ClNO4S2/c1-31-24-16-20(12-13-23(24)33-15-7-14-32-22-11-6-5-10-21(22)28)17-25-26(30)29(27(34)35-25)18-19-8-3-2-4-9-19/h2-6,8-13,16-17H,7,14-15,18H2,1H3/b25-17-. The van der Waals surface area contributed by atoms with Crippen molar-refractivity contribution in [1.82, 2.24) is 4.90 Å². The minimum Gasteiger partial charge on any atom is -0.493 e. The number of carbonyl (C=O) groups excluding carboxylic acids is 1. The number of thiocarbonyl (C=S) groups is 1. The molecule has 0 spiro atoms. The molecule has 35 heavy (non-hydrogen) atoms. The number of carbonyl (C=O) groups is 1. The molecule has 0 aliphatic carbocycles. The molecule has 0 unspecified atom stereocenters. The first-order chi connectivity index (χ1) is 17.0. The Hall–Kier alpha value is -3.00. The van der Waals surface area contributed by atoms with E-state index in [1.165, 1.54) is 11.8 Å². The minimum absolute atomic E-state index is 0.0957. The van der Waals surface area contributed by atoms with Gasteiger partial charge in [0.15, 0.2) is 11.5 Å². The topological polar surface area (TPSA) is 48.0 Å². The van der Waals surface area contributed by atoms with Crippen LogP contribution in [0.3, 0.4) is 0 Å². The number of nitrogens with zero attached hydrogens (tertiary/aromatic N) is 1. The lowest BCUT2D eigenvalue weighted by Gasteiger charge is -2.14. The molecule has 1 amide bonds. The van der Waals surface area contributed by atoms with Crippen molar-refractivity contribution in [3.63, 3.8) is 0 Å². The van der Waals surface area contributed by atoms with Crippen LogP contribution in [-0.2, 0) is 11.3 Å². The average Bonchev–Trinajstić information content (AvgIpc) is 3.13. The molecule has 5 nitrogen and oxygen atoms in total. The Morgan fingerprint density at radius 3 is 2.40 bits per heavy atom. The number of ether oxygens (including phenoxy) is 3. The van der Waals surface area contributed by atoms with Gasteiger partial charge in [-0.15, -0.1) is 0 Å². The van der Waals surface area contributed by atoms with Crippen molar-refractivity contribution in [2.75, 3.05) is 20.3 Å². The van der Waals surface area contributed by atoms with Crippen molar-refractivity contribution in [3.05, 3.63) is 93.9 Å². The number of hydrogen-bond donors (Lipinski definition) is 0. The molecule has 180 valence electrons. The fourth-order valence-electron chi connectivity index (χ4n) is 3.43. The third-order valence-corrected chi connectivity index (χ3v) is 6.87. The molecule has 0 radical (unpaired) electrons. The summed E-state index contributed by atoms with van der Waals surface area (Å²) >= 11 is 12.9. The first-order valence-corrected chi connectivity index (χ1v) is 12.6. The first kappa shape index (κ1) is 25.1. The van der Waals surface area contributed by atoms with E-state index in [0.717, 1.165) is 11.1 Å². The van der Waals surface area contributed by atoms with Crippen molar-refractivity contribution in [2.45, 2.75) is 13.0 Å². The van der Waals surface area contributed by atoms with Gasteiger partial charge < -0.3 is 14.2 Å². The predicted octanol–water partition coefficient (Wildman–Crippen LogP) is 6.60. The molecule has 1 heterocycles. The van der Waals surface area contributed by atoms with E-state index in [-0.39, 0.29) is 5.91 Å². The Balaban J connectivity index is 1.35. The number of halogens is 1. The zero-order chi connectivity index (χ0) is 24.6. The van der Waals surface area contributed by atoms with Gasteiger partial charge in [-0.3, -0.25) is 9.69 Å². The number of amides is 1. The van der Waals surface area contributed by atoms with Gasteiger partial charge >= 0.3 is 0 Å². The quantitative estimate of drug-likeness (QED) is 0.169. The number of thioether (sulfide) groups is 1. The summed E-state index contributed by atoms with van der Waals surface area (Å²) in [6.07, 6.45) is 2.51. The van der Waals surface area contributed by atoms with Crippen LogP contribution < -0.4 is 14.2 Å². The Bertz CT molecular complexity index is 1230. The highest BCUT2D eigenvalue weighted by atomic mass is 35.5. The Morgan fingerprint density at radius 1 is 0.943 bits per heavy atom. The van der Waals surface area contributed by atoms with Crippen LogP contribution in [0.25, 0.3) is 6.08 Å². The van der Waals surface area contributed by atoms with Gasteiger partial charge in [-0.25, -0.2) is 0 Å². The molecule has 1 saturated heterocycles. The summed E-state index contributed by atoms with van der Waals surface area (Å²) in [5.74, 6) is 1.77. The van der Waals surface area contributed by atoms with E-state index in [0.29, 0.717) is 57.7 Å². The van der Waals surface area contributed by atoms with Gasteiger partial charge in [0.2, 0.25) is 0 Å². The molecule has 0 aromatic heterocycles. The Labute approximate surface area is 219 Å². The first-order valence-electron chi connectivity index (χ1n) is 11.0. The van der Waals surface area contributed by atoms with Crippen LogP contribution in [0.5, 0.6) is 17.2 Å². The SMILES string of the molecule is COc1cc(/C=C2\SC(=S)N(Cc3ccccc3)C2=O)ccc1OCCCOc1ccccc1Cl. The second kappa shape index (κ2) is 12.1.